The minimum atomic E-state index is 0.126. The molecule has 16 heavy (non-hydrogen) atoms. The maximum atomic E-state index is 12.0. The van der Waals surface area contributed by atoms with E-state index in [0.717, 1.165) is 10.6 Å². The Morgan fingerprint density at radius 3 is 2.94 bits per heavy atom. The zero-order valence-corrected chi connectivity index (χ0v) is 10.8. The van der Waals surface area contributed by atoms with Crippen molar-refractivity contribution in [3.8, 4) is 0 Å². The summed E-state index contributed by atoms with van der Waals surface area (Å²) in [6.45, 7) is 4.05. The van der Waals surface area contributed by atoms with Crippen molar-refractivity contribution >= 4 is 28.7 Å². The summed E-state index contributed by atoms with van der Waals surface area (Å²) in [5.41, 5.74) is 0.826. The van der Waals surface area contributed by atoms with Crippen LogP contribution in [0.4, 0.5) is 0 Å². The van der Waals surface area contributed by atoms with Crippen molar-refractivity contribution in [1.82, 2.24) is 9.59 Å². The third-order valence-corrected chi connectivity index (χ3v) is 3.89. The van der Waals surface area contributed by atoms with Gasteiger partial charge in [-0.05, 0) is 28.9 Å². The smallest absolute Gasteiger partial charge is 0.181 e. The molecule has 0 fully saturated rings. The zero-order chi connectivity index (χ0) is 11.5. The predicted octanol–water partition coefficient (Wildman–Crippen LogP) is 3.15. The first-order chi connectivity index (χ1) is 7.68. The van der Waals surface area contributed by atoms with Crippen LogP contribution in [0.1, 0.15) is 40.0 Å². The fourth-order valence-electron chi connectivity index (χ4n) is 1.42. The maximum absolute atomic E-state index is 12.0. The van der Waals surface area contributed by atoms with Crippen LogP contribution in [0.2, 0.25) is 0 Å². The van der Waals surface area contributed by atoms with Gasteiger partial charge < -0.3 is 0 Å². The third kappa shape index (κ3) is 2.36. The van der Waals surface area contributed by atoms with Gasteiger partial charge in [0.2, 0.25) is 0 Å². The van der Waals surface area contributed by atoms with Gasteiger partial charge in [0.05, 0.1) is 5.69 Å². The first-order valence-electron chi connectivity index (χ1n) is 5.06. The molecule has 0 bridgehead atoms. The lowest BCUT2D eigenvalue weighted by Gasteiger charge is -2.02. The standard InChI is InChI=1S/C11H12N2OS2/c1-7(2)10-11(16-13-12-10)9(14)6-8-4-3-5-15-8/h3-5,7H,6H2,1-2H3. The van der Waals surface area contributed by atoms with Gasteiger partial charge in [0.25, 0.3) is 0 Å². The monoisotopic (exact) mass is 252 g/mol. The van der Waals surface area contributed by atoms with Gasteiger partial charge >= 0.3 is 0 Å². The number of Topliss-reactive ketones (excluding diaryl/α,β-unsaturated/α-hetero) is 1. The molecule has 0 aliphatic heterocycles. The average molecular weight is 252 g/mol. The molecule has 3 nitrogen and oxygen atoms in total. The Morgan fingerprint density at radius 1 is 1.50 bits per heavy atom. The summed E-state index contributed by atoms with van der Waals surface area (Å²) in [4.78, 5) is 13.8. The molecule has 2 aromatic heterocycles. The summed E-state index contributed by atoms with van der Waals surface area (Å²) >= 11 is 2.81. The van der Waals surface area contributed by atoms with Crippen molar-refractivity contribution in [3.63, 3.8) is 0 Å². The topological polar surface area (TPSA) is 42.9 Å². The van der Waals surface area contributed by atoms with Crippen molar-refractivity contribution in [2.75, 3.05) is 0 Å². The highest BCUT2D eigenvalue weighted by Crippen LogP contribution is 2.22. The molecule has 0 aliphatic carbocycles. The first kappa shape index (κ1) is 11.4. The summed E-state index contributed by atoms with van der Waals surface area (Å²) in [5.74, 6) is 0.377. The number of carbonyl (C=O) groups is 1. The fourth-order valence-corrected chi connectivity index (χ4v) is 2.88. The highest BCUT2D eigenvalue weighted by molar-refractivity contribution is 7.10. The first-order valence-corrected chi connectivity index (χ1v) is 6.71. The molecule has 0 aromatic carbocycles. The van der Waals surface area contributed by atoms with E-state index in [1.165, 1.54) is 11.5 Å². The van der Waals surface area contributed by atoms with Crippen LogP contribution in [-0.4, -0.2) is 15.4 Å². The van der Waals surface area contributed by atoms with Crippen LogP contribution in [0.15, 0.2) is 17.5 Å². The molecule has 0 aliphatic rings. The molecular weight excluding hydrogens is 240 g/mol. The highest BCUT2D eigenvalue weighted by atomic mass is 32.1. The highest BCUT2D eigenvalue weighted by Gasteiger charge is 2.18. The maximum Gasteiger partial charge on any atom is 0.181 e. The summed E-state index contributed by atoms with van der Waals surface area (Å²) in [6.07, 6.45) is 0.460. The predicted molar refractivity (Wildman–Crippen MR) is 66.4 cm³/mol. The molecule has 0 saturated carbocycles. The van der Waals surface area contributed by atoms with Crippen molar-refractivity contribution in [2.24, 2.45) is 0 Å². The number of thiophene rings is 1. The minimum absolute atomic E-state index is 0.126. The van der Waals surface area contributed by atoms with Gasteiger partial charge in [0, 0.05) is 11.3 Å². The summed E-state index contributed by atoms with van der Waals surface area (Å²) in [5, 5.41) is 6.00. The van der Waals surface area contributed by atoms with E-state index in [4.69, 9.17) is 0 Å². The van der Waals surface area contributed by atoms with Crippen molar-refractivity contribution in [2.45, 2.75) is 26.2 Å². The number of aromatic nitrogens is 2. The molecule has 0 unspecified atom stereocenters. The number of carbonyl (C=O) groups excluding carboxylic acids is 1. The molecule has 5 heteroatoms. The molecule has 0 radical (unpaired) electrons. The van der Waals surface area contributed by atoms with Crippen LogP contribution in [-0.2, 0) is 6.42 Å². The van der Waals surface area contributed by atoms with Crippen LogP contribution in [0.25, 0.3) is 0 Å². The molecule has 0 spiro atoms. The Balaban J connectivity index is 2.18. The molecular formula is C11H12N2OS2. The lowest BCUT2D eigenvalue weighted by atomic mass is 10.1. The molecule has 0 N–H and O–H groups in total. The second-order valence-electron chi connectivity index (χ2n) is 3.82. The largest absolute Gasteiger partial charge is 0.293 e. The van der Waals surface area contributed by atoms with E-state index in [9.17, 15) is 4.79 Å². The third-order valence-electron chi connectivity index (χ3n) is 2.23. The number of rotatable bonds is 4. The molecule has 84 valence electrons. The lowest BCUT2D eigenvalue weighted by molar-refractivity contribution is 0.0996. The SMILES string of the molecule is CC(C)c1nnsc1C(=O)Cc1cccs1. The van der Waals surface area contributed by atoms with Crippen LogP contribution in [0.5, 0.6) is 0 Å². The van der Waals surface area contributed by atoms with Gasteiger partial charge in [-0.3, -0.25) is 4.79 Å². The van der Waals surface area contributed by atoms with E-state index < -0.39 is 0 Å². The average Bonchev–Trinajstić information content (AvgIpc) is 2.86. The van der Waals surface area contributed by atoms with Crippen LogP contribution in [0.3, 0.4) is 0 Å². The van der Waals surface area contributed by atoms with E-state index >= 15 is 0 Å². The van der Waals surface area contributed by atoms with Crippen molar-refractivity contribution < 1.29 is 4.79 Å². The summed E-state index contributed by atoms with van der Waals surface area (Å²) < 4.78 is 3.87. The molecule has 0 saturated heterocycles. The second-order valence-corrected chi connectivity index (χ2v) is 5.61. The van der Waals surface area contributed by atoms with E-state index in [2.05, 4.69) is 9.59 Å². The zero-order valence-electron chi connectivity index (χ0n) is 9.14. The Labute approximate surface area is 102 Å². The summed E-state index contributed by atoms with van der Waals surface area (Å²) in [7, 11) is 0. The van der Waals surface area contributed by atoms with Gasteiger partial charge in [-0.15, -0.1) is 16.4 Å². The molecule has 2 aromatic rings. The van der Waals surface area contributed by atoms with E-state index in [0.29, 0.717) is 11.3 Å². The Morgan fingerprint density at radius 2 is 2.31 bits per heavy atom. The van der Waals surface area contributed by atoms with Gasteiger partial charge in [-0.2, -0.15) is 0 Å². The number of hydrogen-bond donors (Lipinski definition) is 0. The number of hydrogen-bond acceptors (Lipinski definition) is 5. The van der Waals surface area contributed by atoms with Crippen molar-refractivity contribution in [3.05, 3.63) is 33.0 Å². The fraction of sp³-hybridized carbons (Fsp3) is 0.364. The Hall–Kier alpha value is -1.07. The number of ketones is 1. The van der Waals surface area contributed by atoms with Gasteiger partial charge in [-0.25, -0.2) is 0 Å². The normalized spacial score (nSPS) is 10.9. The molecule has 2 heterocycles. The van der Waals surface area contributed by atoms with Gasteiger partial charge in [0.1, 0.15) is 4.88 Å². The minimum Gasteiger partial charge on any atom is -0.293 e. The Kier molecular flexibility index (Phi) is 3.46. The summed E-state index contributed by atoms with van der Waals surface area (Å²) in [6, 6.07) is 3.94. The van der Waals surface area contributed by atoms with E-state index in [1.54, 1.807) is 11.3 Å². The lowest BCUT2D eigenvalue weighted by Crippen LogP contribution is -2.04. The van der Waals surface area contributed by atoms with Gasteiger partial charge in [0.15, 0.2) is 5.78 Å². The number of nitrogens with zero attached hydrogens (tertiary/aromatic N) is 2. The van der Waals surface area contributed by atoms with Crippen LogP contribution >= 0.6 is 22.9 Å². The van der Waals surface area contributed by atoms with Gasteiger partial charge in [-0.1, -0.05) is 24.4 Å². The molecule has 2 rings (SSSR count). The van der Waals surface area contributed by atoms with E-state index in [1.807, 2.05) is 31.4 Å². The van der Waals surface area contributed by atoms with Crippen molar-refractivity contribution in [1.29, 1.82) is 0 Å². The van der Waals surface area contributed by atoms with Crippen LogP contribution < -0.4 is 0 Å². The van der Waals surface area contributed by atoms with Crippen LogP contribution in [0, 0.1) is 0 Å². The quantitative estimate of drug-likeness (QED) is 0.785. The van der Waals surface area contributed by atoms with E-state index in [-0.39, 0.29) is 11.7 Å². The second kappa shape index (κ2) is 4.84. The molecule has 0 atom stereocenters. The Bertz CT molecular complexity index is 474. The molecule has 0 amide bonds.